The summed E-state index contributed by atoms with van der Waals surface area (Å²) in [4.78, 5) is 19.0. The molecule has 1 aliphatic heterocycles. The summed E-state index contributed by atoms with van der Waals surface area (Å²) in [5, 5.41) is 5.80. The number of carbonyl (C=O) groups is 1. The maximum Gasteiger partial charge on any atom is 0.272 e. The van der Waals surface area contributed by atoms with Crippen LogP contribution in [-0.4, -0.2) is 27.5 Å². The van der Waals surface area contributed by atoms with Crippen LogP contribution < -0.4 is 0 Å². The fraction of sp³-hybridized carbons (Fsp3) is 0.211. The molecule has 6 heteroatoms. The molecule has 0 spiro atoms. The van der Waals surface area contributed by atoms with Gasteiger partial charge in [-0.3, -0.25) is 4.79 Å². The molecule has 0 radical (unpaired) electrons. The summed E-state index contributed by atoms with van der Waals surface area (Å²) in [5.74, 6) is 0.867. The zero-order valence-electron chi connectivity index (χ0n) is 13.7. The number of carbonyl (C=O) groups excluding carboxylic acids is 1. The van der Waals surface area contributed by atoms with E-state index in [9.17, 15) is 4.79 Å². The van der Waals surface area contributed by atoms with Crippen molar-refractivity contribution in [2.75, 3.05) is 6.54 Å². The predicted octanol–water partition coefficient (Wildman–Crippen LogP) is 3.48. The lowest BCUT2D eigenvalue weighted by Crippen LogP contribution is -2.36. The smallest absolute Gasteiger partial charge is 0.272 e. The molecular formula is C19H15N3O3. The van der Waals surface area contributed by atoms with E-state index in [0.29, 0.717) is 30.9 Å². The van der Waals surface area contributed by atoms with Crippen LogP contribution in [0.4, 0.5) is 0 Å². The molecule has 0 N–H and O–H groups in total. The van der Waals surface area contributed by atoms with Crippen molar-refractivity contribution in [3.05, 3.63) is 59.1 Å². The zero-order chi connectivity index (χ0) is 17.0. The van der Waals surface area contributed by atoms with E-state index in [4.69, 9.17) is 8.94 Å². The first kappa shape index (κ1) is 14.2. The molecule has 5 rings (SSSR count). The Bertz CT molecular complexity index is 1130. The van der Waals surface area contributed by atoms with Crippen LogP contribution in [0.25, 0.3) is 22.1 Å². The summed E-state index contributed by atoms with van der Waals surface area (Å²) in [6.45, 7) is 2.99. The second kappa shape index (κ2) is 5.17. The molecule has 6 nitrogen and oxygen atoms in total. The van der Waals surface area contributed by atoms with E-state index in [0.717, 1.165) is 33.4 Å². The Kier molecular flexibility index (Phi) is 2.94. The number of nitrogens with zero attached hydrogens (tertiary/aromatic N) is 3. The number of hydrogen-bond acceptors (Lipinski definition) is 5. The van der Waals surface area contributed by atoms with Crippen molar-refractivity contribution >= 4 is 28.0 Å². The van der Waals surface area contributed by atoms with Gasteiger partial charge in [-0.15, -0.1) is 0 Å². The predicted molar refractivity (Wildman–Crippen MR) is 91.2 cm³/mol. The number of aryl methyl sites for hydroxylation is 1. The molecule has 25 heavy (non-hydrogen) atoms. The van der Waals surface area contributed by atoms with Crippen molar-refractivity contribution in [1.29, 1.82) is 0 Å². The second-order valence-corrected chi connectivity index (χ2v) is 6.29. The van der Waals surface area contributed by atoms with Gasteiger partial charge in [-0.1, -0.05) is 23.4 Å². The standard InChI is InChI=1S/C19H15N3O3/c1-11-12-6-7-15(20-18(12)25-21-11)19(23)22-9-8-17-14(10-22)13-4-2-3-5-16(13)24-17/h2-7H,8-10H2,1H3. The maximum atomic E-state index is 12.9. The minimum Gasteiger partial charge on any atom is -0.461 e. The Balaban J connectivity index is 1.49. The van der Waals surface area contributed by atoms with E-state index in [2.05, 4.69) is 10.1 Å². The Morgan fingerprint density at radius 3 is 2.96 bits per heavy atom. The van der Waals surface area contributed by atoms with Gasteiger partial charge < -0.3 is 13.8 Å². The summed E-state index contributed by atoms with van der Waals surface area (Å²) < 4.78 is 11.1. The van der Waals surface area contributed by atoms with Gasteiger partial charge in [-0.25, -0.2) is 4.98 Å². The number of rotatable bonds is 1. The molecule has 0 fully saturated rings. The zero-order valence-corrected chi connectivity index (χ0v) is 13.7. The van der Waals surface area contributed by atoms with Gasteiger partial charge in [0.1, 0.15) is 17.0 Å². The van der Waals surface area contributed by atoms with Crippen LogP contribution in [0.2, 0.25) is 0 Å². The van der Waals surface area contributed by atoms with E-state index < -0.39 is 0 Å². The summed E-state index contributed by atoms with van der Waals surface area (Å²) >= 11 is 0. The van der Waals surface area contributed by atoms with Gasteiger partial charge in [0.15, 0.2) is 0 Å². The van der Waals surface area contributed by atoms with E-state index in [1.165, 1.54) is 0 Å². The molecule has 0 bridgehead atoms. The third-order valence-electron chi connectivity index (χ3n) is 4.77. The van der Waals surface area contributed by atoms with Gasteiger partial charge in [-0.2, -0.15) is 0 Å². The van der Waals surface area contributed by atoms with Crippen molar-refractivity contribution in [3.8, 4) is 0 Å². The lowest BCUT2D eigenvalue weighted by molar-refractivity contribution is 0.0725. The van der Waals surface area contributed by atoms with Crippen molar-refractivity contribution < 1.29 is 13.7 Å². The van der Waals surface area contributed by atoms with Gasteiger partial charge in [0, 0.05) is 23.9 Å². The van der Waals surface area contributed by atoms with E-state index in [1.54, 1.807) is 6.07 Å². The highest BCUT2D eigenvalue weighted by Gasteiger charge is 2.27. The Morgan fingerprint density at radius 2 is 2.04 bits per heavy atom. The largest absolute Gasteiger partial charge is 0.461 e. The first-order chi connectivity index (χ1) is 12.2. The van der Waals surface area contributed by atoms with Crippen molar-refractivity contribution in [3.63, 3.8) is 0 Å². The molecule has 0 unspecified atom stereocenters. The molecule has 4 aromatic rings. The Labute approximate surface area is 143 Å². The summed E-state index contributed by atoms with van der Waals surface area (Å²) in [6, 6.07) is 11.5. The molecule has 4 heterocycles. The minimum absolute atomic E-state index is 0.105. The lowest BCUT2D eigenvalue weighted by Gasteiger charge is -2.26. The summed E-state index contributed by atoms with van der Waals surface area (Å²) in [7, 11) is 0. The number of benzene rings is 1. The first-order valence-corrected chi connectivity index (χ1v) is 8.22. The van der Waals surface area contributed by atoms with Gasteiger partial charge in [-0.05, 0) is 25.1 Å². The van der Waals surface area contributed by atoms with Crippen molar-refractivity contribution in [2.45, 2.75) is 19.9 Å². The van der Waals surface area contributed by atoms with Crippen molar-refractivity contribution in [2.24, 2.45) is 0 Å². The number of furan rings is 1. The third-order valence-corrected chi connectivity index (χ3v) is 4.77. The fourth-order valence-electron chi connectivity index (χ4n) is 3.43. The summed E-state index contributed by atoms with van der Waals surface area (Å²) in [6.07, 6.45) is 0.708. The van der Waals surface area contributed by atoms with Crippen LogP contribution in [0.1, 0.15) is 27.5 Å². The molecular weight excluding hydrogens is 318 g/mol. The molecule has 124 valence electrons. The van der Waals surface area contributed by atoms with Gasteiger partial charge in [0.2, 0.25) is 0 Å². The van der Waals surface area contributed by atoms with Crippen LogP contribution in [0.3, 0.4) is 0 Å². The Morgan fingerprint density at radius 1 is 1.16 bits per heavy atom. The monoisotopic (exact) mass is 333 g/mol. The molecule has 3 aromatic heterocycles. The Hall–Kier alpha value is -3.15. The second-order valence-electron chi connectivity index (χ2n) is 6.29. The molecule has 1 amide bonds. The van der Waals surface area contributed by atoms with Crippen LogP contribution in [0, 0.1) is 6.92 Å². The first-order valence-electron chi connectivity index (χ1n) is 8.22. The molecule has 0 saturated carbocycles. The van der Waals surface area contributed by atoms with Crippen molar-refractivity contribution in [1.82, 2.24) is 15.0 Å². The lowest BCUT2D eigenvalue weighted by atomic mass is 10.0. The highest BCUT2D eigenvalue weighted by molar-refractivity contribution is 5.95. The van der Waals surface area contributed by atoms with Gasteiger partial charge in [0.25, 0.3) is 11.6 Å². The topological polar surface area (TPSA) is 72.4 Å². The number of hydrogen-bond donors (Lipinski definition) is 0. The van der Waals surface area contributed by atoms with Gasteiger partial charge in [0.05, 0.1) is 17.6 Å². The number of amides is 1. The van der Waals surface area contributed by atoms with Crippen LogP contribution >= 0.6 is 0 Å². The van der Waals surface area contributed by atoms with E-state index in [-0.39, 0.29) is 5.91 Å². The van der Waals surface area contributed by atoms with Crippen LogP contribution in [-0.2, 0) is 13.0 Å². The average molecular weight is 333 g/mol. The molecule has 0 aliphatic carbocycles. The van der Waals surface area contributed by atoms with Crippen LogP contribution in [0.5, 0.6) is 0 Å². The molecule has 0 atom stereocenters. The molecule has 1 aliphatic rings. The number of para-hydroxylation sites is 1. The maximum absolute atomic E-state index is 12.9. The number of pyridine rings is 1. The SMILES string of the molecule is Cc1noc2nc(C(=O)N3CCc4oc5ccccc5c4C3)ccc12. The van der Waals surface area contributed by atoms with E-state index in [1.807, 2.05) is 42.2 Å². The number of fused-ring (bicyclic) bond motifs is 4. The fourth-order valence-corrected chi connectivity index (χ4v) is 3.43. The quantitative estimate of drug-likeness (QED) is 0.533. The highest BCUT2D eigenvalue weighted by Crippen LogP contribution is 2.31. The molecule has 0 saturated heterocycles. The average Bonchev–Trinajstić information content (AvgIpc) is 3.21. The number of aromatic nitrogens is 2. The molecule has 1 aromatic carbocycles. The van der Waals surface area contributed by atoms with E-state index >= 15 is 0 Å². The normalized spacial score (nSPS) is 14.2. The summed E-state index contributed by atoms with van der Waals surface area (Å²) in [5.41, 5.74) is 3.51. The van der Waals surface area contributed by atoms with Crippen LogP contribution in [0.15, 0.2) is 45.3 Å². The van der Waals surface area contributed by atoms with Gasteiger partial charge >= 0.3 is 0 Å². The minimum atomic E-state index is -0.105. The third kappa shape index (κ3) is 2.14. The highest BCUT2D eigenvalue weighted by atomic mass is 16.5.